The molecule has 1 aromatic rings. The second-order valence-electron chi connectivity index (χ2n) is 4.01. The molecule has 6 heteroatoms. The molecule has 18 heavy (non-hydrogen) atoms. The van der Waals surface area contributed by atoms with Crippen LogP contribution in [-0.4, -0.2) is 41.6 Å². The summed E-state index contributed by atoms with van der Waals surface area (Å²) in [5.74, 6) is -0.389. The Kier molecular flexibility index (Phi) is 3.84. The number of phenols is 1. The van der Waals surface area contributed by atoms with Crippen LogP contribution in [-0.2, 0) is 0 Å². The summed E-state index contributed by atoms with van der Waals surface area (Å²) in [7, 11) is 0. The van der Waals surface area contributed by atoms with Crippen molar-refractivity contribution in [2.75, 3.05) is 19.6 Å². The quantitative estimate of drug-likeness (QED) is 0.814. The Morgan fingerprint density at radius 1 is 1.61 bits per heavy atom. The monoisotopic (exact) mass is 309 g/mol. The maximum absolute atomic E-state index is 12.3. The van der Waals surface area contributed by atoms with Crippen LogP contribution >= 0.6 is 15.9 Å². The molecule has 1 saturated heterocycles. The number of hydrogen-bond donors (Lipinski definition) is 2. The van der Waals surface area contributed by atoms with Crippen molar-refractivity contribution in [3.05, 3.63) is 28.2 Å². The largest absolute Gasteiger partial charge is 0.507 e. The predicted molar refractivity (Wildman–Crippen MR) is 69.1 cm³/mol. The standard InChI is InChI=1S/C12H12BrN3O2/c13-8-1-2-11(17)10(5-8)12(18)16-4-3-15-7-9(16)6-14/h1-2,5,9,15,17H,3-4,7H2. The van der Waals surface area contributed by atoms with Crippen molar-refractivity contribution in [3.8, 4) is 11.8 Å². The van der Waals surface area contributed by atoms with Crippen molar-refractivity contribution < 1.29 is 9.90 Å². The lowest BCUT2D eigenvalue weighted by atomic mass is 10.1. The molecule has 1 amide bonds. The number of benzene rings is 1. The highest BCUT2D eigenvalue weighted by Crippen LogP contribution is 2.24. The van der Waals surface area contributed by atoms with Crippen LogP contribution in [0.5, 0.6) is 5.75 Å². The Morgan fingerprint density at radius 2 is 2.39 bits per heavy atom. The molecule has 2 N–H and O–H groups in total. The average molecular weight is 310 g/mol. The zero-order chi connectivity index (χ0) is 13.1. The molecule has 1 aliphatic rings. The first-order valence-corrected chi connectivity index (χ1v) is 6.32. The number of nitrogens with zero attached hydrogens (tertiary/aromatic N) is 2. The molecule has 1 aromatic carbocycles. The topological polar surface area (TPSA) is 76.4 Å². The normalized spacial score (nSPS) is 19.3. The van der Waals surface area contributed by atoms with Crippen molar-refractivity contribution in [2.24, 2.45) is 0 Å². The summed E-state index contributed by atoms with van der Waals surface area (Å²) in [5, 5.41) is 21.8. The third kappa shape index (κ3) is 2.47. The summed E-state index contributed by atoms with van der Waals surface area (Å²) < 4.78 is 0.715. The van der Waals surface area contributed by atoms with Crippen LogP contribution in [0.4, 0.5) is 0 Å². The van der Waals surface area contributed by atoms with Gasteiger partial charge >= 0.3 is 0 Å². The first-order chi connectivity index (χ1) is 8.63. The van der Waals surface area contributed by atoms with Crippen LogP contribution in [0.1, 0.15) is 10.4 Å². The van der Waals surface area contributed by atoms with Gasteiger partial charge in [0.1, 0.15) is 11.8 Å². The van der Waals surface area contributed by atoms with Gasteiger partial charge in [-0.15, -0.1) is 0 Å². The lowest BCUT2D eigenvalue weighted by Gasteiger charge is -2.32. The first-order valence-electron chi connectivity index (χ1n) is 5.53. The Balaban J connectivity index is 2.30. The van der Waals surface area contributed by atoms with Crippen LogP contribution in [0.2, 0.25) is 0 Å². The zero-order valence-electron chi connectivity index (χ0n) is 9.56. The highest BCUT2D eigenvalue weighted by molar-refractivity contribution is 9.10. The molecule has 1 unspecified atom stereocenters. The number of rotatable bonds is 1. The van der Waals surface area contributed by atoms with E-state index < -0.39 is 6.04 Å². The van der Waals surface area contributed by atoms with Crippen LogP contribution in [0.3, 0.4) is 0 Å². The van der Waals surface area contributed by atoms with Gasteiger partial charge in [-0.2, -0.15) is 5.26 Å². The van der Waals surface area contributed by atoms with Gasteiger partial charge < -0.3 is 15.3 Å². The van der Waals surface area contributed by atoms with Gasteiger partial charge in [0.05, 0.1) is 11.6 Å². The molecular formula is C12H12BrN3O2. The highest BCUT2D eigenvalue weighted by Gasteiger charge is 2.28. The molecule has 0 aliphatic carbocycles. The fraction of sp³-hybridized carbons (Fsp3) is 0.333. The maximum Gasteiger partial charge on any atom is 0.258 e. The molecule has 0 bridgehead atoms. The predicted octanol–water partition coefficient (Wildman–Crippen LogP) is 1.09. The smallest absolute Gasteiger partial charge is 0.258 e. The molecule has 0 spiro atoms. The van der Waals surface area contributed by atoms with Gasteiger partial charge in [0.15, 0.2) is 0 Å². The Morgan fingerprint density at radius 3 is 3.11 bits per heavy atom. The second-order valence-corrected chi connectivity index (χ2v) is 4.92. The van der Waals surface area contributed by atoms with Crippen molar-refractivity contribution in [3.63, 3.8) is 0 Å². The summed E-state index contributed by atoms with van der Waals surface area (Å²) in [6, 6.07) is 6.27. The number of piperazine rings is 1. The number of nitrogens with one attached hydrogen (secondary N) is 1. The zero-order valence-corrected chi connectivity index (χ0v) is 11.1. The third-order valence-electron chi connectivity index (χ3n) is 2.84. The van der Waals surface area contributed by atoms with Gasteiger partial charge in [-0.3, -0.25) is 4.79 Å². The van der Waals surface area contributed by atoms with Crippen molar-refractivity contribution in [1.29, 1.82) is 5.26 Å². The lowest BCUT2D eigenvalue weighted by molar-refractivity contribution is 0.0684. The SMILES string of the molecule is N#CC1CNCCN1C(=O)c1cc(Br)ccc1O. The van der Waals surface area contributed by atoms with Crippen LogP contribution in [0.15, 0.2) is 22.7 Å². The van der Waals surface area contributed by atoms with E-state index in [0.29, 0.717) is 24.1 Å². The number of hydrogen-bond acceptors (Lipinski definition) is 4. The fourth-order valence-electron chi connectivity index (χ4n) is 1.90. The first kappa shape index (κ1) is 12.9. The minimum atomic E-state index is -0.496. The van der Waals surface area contributed by atoms with Gasteiger partial charge in [0, 0.05) is 24.1 Å². The van der Waals surface area contributed by atoms with Crippen LogP contribution < -0.4 is 5.32 Å². The molecular weight excluding hydrogens is 298 g/mol. The number of carbonyl (C=O) groups is 1. The van der Waals surface area contributed by atoms with E-state index in [4.69, 9.17) is 5.26 Å². The highest BCUT2D eigenvalue weighted by atomic mass is 79.9. The summed E-state index contributed by atoms with van der Waals surface area (Å²) in [5.41, 5.74) is 0.214. The van der Waals surface area contributed by atoms with E-state index in [0.717, 1.165) is 0 Å². The van der Waals surface area contributed by atoms with Crippen LogP contribution in [0, 0.1) is 11.3 Å². The average Bonchev–Trinajstić information content (AvgIpc) is 2.40. The Bertz CT molecular complexity index is 513. The number of nitriles is 1. The molecule has 94 valence electrons. The minimum absolute atomic E-state index is 0.0709. The van der Waals surface area contributed by atoms with Crippen molar-refractivity contribution in [2.45, 2.75) is 6.04 Å². The van der Waals surface area contributed by atoms with E-state index >= 15 is 0 Å². The maximum atomic E-state index is 12.3. The van der Waals surface area contributed by atoms with E-state index in [1.54, 1.807) is 12.1 Å². The molecule has 1 fully saturated rings. The van der Waals surface area contributed by atoms with Gasteiger partial charge in [-0.1, -0.05) is 15.9 Å². The summed E-state index contributed by atoms with van der Waals surface area (Å²) in [6.45, 7) is 1.57. The third-order valence-corrected chi connectivity index (χ3v) is 3.34. The molecule has 2 rings (SSSR count). The number of phenolic OH excluding ortho intramolecular Hbond substituents is 1. The molecule has 1 atom stereocenters. The summed E-state index contributed by atoms with van der Waals surface area (Å²) in [6.07, 6.45) is 0. The fourth-order valence-corrected chi connectivity index (χ4v) is 2.26. The number of aromatic hydroxyl groups is 1. The Hall–Kier alpha value is -1.58. The van der Waals surface area contributed by atoms with E-state index in [9.17, 15) is 9.90 Å². The van der Waals surface area contributed by atoms with E-state index in [1.165, 1.54) is 11.0 Å². The van der Waals surface area contributed by atoms with Crippen LogP contribution in [0.25, 0.3) is 0 Å². The molecule has 1 aliphatic heterocycles. The van der Waals surface area contributed by atoms with E-state index in [-0.39, 0.29) is 17.2 Å². The molecule has 5 nitrogen and oxygen atoms in total. The second kappa shape index (κ2) is 5.38. The van der Waals surface area contributed by atoms with Crippen molar-refractivity contribution in [1.82, 2.24) is 10.2 Å². The molecule has 0 saturated carbocycles. The Labute approximate surface area is 113 Å². The minimum Gasteiger partial charge on any atom is -0.507 e. The van der Waals surface area contributed by atoms with Gasteiger partial charge in [0.2, 0.25) is 0 Å². The molecule has 1 heterocycles. The lowest BCUT2D eigenvalue weighted by Crippen LogP contribution is -2.53. The number of carbonyl (C=O) groups excluding carboxylic acids is 1. The van der Waals surface area contributed by atoms with Gasteiger partial charge in [-0.05, 0) is 18.2 Å². The summed E-state index contributed by atoms with van der Waals surface area (Å²) in [4.78, 5) is 13.8. The molecule has 0 radical (unpaired) electrons. The summed E-state index contributed by atoms with van der Waals surface area (Å²) >= 11 is 3.26. The van der Waals surface area contributed by atoms with Crippen molar-refractivity contribution >= 4 is 21.8 Å². The van der Waals surface area contributed by atoms with E-state index in [1.807, 2.05) is 0 Å². The van der Waals surface area contributed by atoms with E-state index in [2.05, 4.69) is 27.3 Å². The van der Waals surface area contributed by atoms with Gasteiger partial charge in [0.25, 0.3) is 5.91 Å². The molecule has 0 aromatic heterocycles. The van der Waals surface area contributed by atoms with Gasteiger partial charge in [-0.25, -0.2) is 0 Å². The number of amides is 1. The number of halogens is 1.